The number of nitrogens with one attached hydrogen (secondary N) is 1. The molecule has 3 atom stereocenters. The van der Waals surface area contributed by atoms with Gasteiger partial charge in [0.25, 0.3) is 0 Å². The van der Waals surface area contributed by atoms with Crippen molar-refractivity contribution >= 4 is 0 Å². The molecule has 2 heterocycles. The lowest BCUT2D eigenvalue weighted by molar-refractivity contribution is 0.161. The van der Waals surface area contributed by atoms with Crippen LogP contribution in [0, 0.1) is 0 Å². The minimum Gasteiger partial charge on any atom is -0.311 e. The molecule has 17 heavy (non-hydrogen) atoms. The molecule has 2 rings (SSSR count). The first-order valence-corrected chi connectivity index (χ1v) is 7.79. The van der Waals surface area contributed by atoms with Gasteiger partial charge in [-0.2, -0.15) is 0 Å². The monoisotopic (exact) mass is 238 g/mol. The molecule has 0 amide bonds. The van der Waals surface area contributed by atoms with Crippen molar-refractivity contribution in [3.05, 3.63) is 0 Å². The number of rotatable bonds is 6. The molecule has 0 aromatic rings. The quantitative estimate of drug-likeness (QED) is 0.715. The van der Waals surface area contributed by atoms with Crippen molar-refractivity contribution in [3.63, 3.8) is 0 Å². The number of piperidine rings is 1. The lowest BCUT2D eigenvalue weighted by Gasteiger charge is -2.36. The molecule has 0 saturated carbocycles. The first-order valence-electron chi connectivity index (χ1n) is 7.79. The van der Waals surface area contributed by atoms with Crippen LogP contribution in [0.2, 0.25) is 0 Å². The van der Waals surface area contributed by atoms with Gasteiger partial charge in [0.15, 0.2) is 0 Å². The topological polar surface area (TPSA) is 15.3 Å². The van der Waals surface area contributed by atoms with Gasteiger partial charge in [0.05, 0.1) is 0 Å². The van der Waals surface area contributed by atoms with E-state index in [2.05, 4.69) is 24.1 Å². The first-order chi connectivity index (χ1) is 8.29. The molecule has 2 heteroatoms. The van der Waals surface area contributed by atoms with E-state index in [0.29, 0.717) is 0 Å². The zero-order valence-electron chi connectivity index (χ0n) is 11.8. The Bertz CT molecular complexity index is 217. The van der Waals surface area contributed by atoms with Crippen molar-refractivity contribution in [1.82, 2.24) is 10.2 Å². The number of unbranched alkanes of at least 4 members (excludes halogenated alkanes) is 2. The highest BCUT2D eigenvalue weighted by molar-refractivity contribution is 4.89. The molecule has 0 aromatic heterocycles. The summed E-state index contributed by atoms with van der Waals surface area (Å²) in [6.45, 7) is 7.36. The Kier molecular flexibility index (Phi) is 5.30. The summed E-state index contributed by atoms with van der Waals surface area (Å²) in [5.74, 6) is 0. The maximum absolute atomic E-state index is 3.86. The van der Waals surface area contributed by atoms with Gasteiger partial charge < -0.3 is 10.2 Å². The first kappa shape index (κ1) is 13.4. The molecule has 0 aromatic carbocycles. The summed E-state index contributed by atoms with van der Waals surface area (Å²) in [6, 6.07) is 2.43. The molecule has 2 nitrogen and oxygen atoms in total. The maximum atomic E-state index is 3.86. The fraction of sp³-hybridized carbons (Fsp3) is 1.00. The van der Waals surface area contributed by atoms with Crippen molar-refractivity contribution in [2.75, 3.05) is 13.1 Å². The summed E-state index contributed by atoms with van der Waals surface area (Å²) in [5, 5.41) is 3.86. The maximum Gasteiger partial charge on any atom is 0.0111 e. The van der Waals surface area contributed by atoms with Crippen LogP contribution in [0.5, 0.6) is 0 Å². The largest absolute Gasteiger partial charge is 0.311 e. The van der Waals surface area contributed by atoms with Crippen molar-refractivity contribution in [2.24, 2.45) is 0 Å². The molecule has 1 N–H and O–H groups in total. The lowest BCUT2D eigenvalue weighted by atomic mass is 9.96. The fourth-order valence-corrected chi connectivity index (χ4v) is 3.56. The summed E-state index contributed by atoms with van der Waals surface area (Å²) in [6.07, 6.45) is 11.1. The molecule has 3 unspecified atom stereocenters. The van der Waals surface area contributed by atoms with Gasteiger partial charge in [-0.25, -0.2) is 0 Å². The Balaban J connectivity index is 1.65. The predicted molar refractivity (Wildman–Crippen MR) is 74.4 cm³/mol. The molecule has 2 aliphatic heterocycles. The third kappa shape index (κ3) is 3.96. The van der Waals surface area contributed by atoms with Crippen LogP contribution < -0.4 is 5.32 Å². The smallest absolute Gasteiger partial charge is 0.0111 e. The molecule has 100 valence electrons. The van der Waals surface area contributed by atoms with E-state index >= 15 is 0 Å². The minimum absolute atomic E-state index is 0.722. The molecular weight excluding hydrogens is 208 g/mol. The number of hydrogen-bond donors (Lipinski definition) is 1. The van der Waals surface area contributed by atoms with Gasteiger partial charge in [0.1, 0.15) is 0 Å². The van der Waals surface area contributed by atoms with Gasteiger partial charge in [-0.15, -0.1) is 0 Å². The average molecular weight is 238 g/mol. The second kappa shape index (κ2) is 6.75. The third-order valence-corrected chi connectivity index (χ3v) is 4.58. The second-order valence-electron chi connectivity index (χ2n) is 6.12. The standard InChI is InChI=1S/C15H30N2/c1-3-4-5-7-13(2)16-14-9-11-17-10-6-8-15(17)12-14/h13-16H,3-12H2,1-2H3. The van der Waals surface area contributed by atoms with E-state index in [1.54, 1.807) is 0 Å². The second-order valence-corrected chi connectivity index (χ2v) is 6.12. The van der Waals surface area contributed by atoms with Gasteiger partial charge in [-0.3, -0.25) is 0 Å². The zero-order chi connectivity index (χ0) is 12.1. The van der Waals surface area contributed by atoms with E-state index < -0.39 is 0 Å². The summed E-state index contributed by atoms with van der Waals surface area (Å²) in [7, 11) is 0. The fourth-order valence-electron chi connectivity index (χ4n) is 3.56. The van der Waals surface area contributed by atoms with Crippen molar-refractivity contribution in [3.8, 4) is 0 Å². The number of nitrogens with zero attached hydrogens (tertiary/aromatic N) is 1. The van der Waals surface area contributed by atoms with Crippen LogP contribution in [-0.2, 0) is 0 Å². The molecule has 0 bridgehead atoms. The Morgan fingerprint density at radius 1 is 1.24 bits per heavy atom. The highest BCUT2D eigenvalue weighted by Gasteiger charge is 2.31. The SMILES string of the molecule is CCCCCC(C)NC1CCN2CCCC2C1. The molecule has 2 fully saturated rings. The van der Waals surface area contributed by atoms with E-state index in [1.165, 1.54) is 64.5 Å². The van der Waals surface area contributed by atoms with E-state index in [1.807, 2.05) is 0 Å². The van der Waals surface area contributed by atoms with Gasteiger partial charge in [0.2, 0.25) is 0 Å². The van der Waals surface area contributed by atoms with E-state index in [9.17, 15) is 0 Å². The highest BCUT2D eigenvalue weighted by atomic mass is 15.2. The minimum atomic E-state index is 0.722. The van der Waals surface area contributed by atoms with Crippen molar-refractivity contribution in [1.29, 1.82) is 0 Å². The van der Waals surface area contributed by atoms with Crippen LogP contribution in [0.1, 0.15) is 65.2 Å². The number of fused-ring (bicyclic) bond motifs is 1. The summed E-state index contributed by atoms with van der Waals surface area (Å²) >= 11 is 0. The van der Waals surface area contributed by atoms with Gasteiger partial charge >= 0.3 is 0 Å². The summed E-state index contributed by atoms with van der Waals surface area (Å²) in [4.78, 5) is 2.71. The third-order valence-electron chi connectivity index (χ3n) is 4.58. The molecule has 2 saturated heterocycles. The Morgan fingerprint density at radius 2 is 2.12 bits per heavy atom. The number of hydrogen-bond acceptors (Lipinski definition) is 2. The van der Waals surface area contributed by atoms with Gasteiger partial charge in [-0.05, 0) is 52.1 Å². The van der Waals surface area contributed by atoms with Crippen LogP contribution in [-0.4, -0.2) is 36.1 Å². The van der Waals surface area contributed by atoms with Gasteiger partial charge in [-0.1, -0.05) is 26.2 Å². The predicted octanol–water partition coefficient (Wildman–Crippen LogP) is 3.17. The Labute approximate surface area is 107 Å². The Morgan fingerprint density at radius 3 is 2.94 bits per heavy atom. The van der Waals surface area contributed by atoms with Crippen LogP contribution >= 0.6 is 0 Å². The molecule has 0 radical (unpaired) electrons. The Hall–Kier alpha value is -0.0800. The summed E-state index contributed by atoms with van der Waals surface area (Å²) < 4.78 is 0. The zero-order valence-corrected chi connectivity index (χ0v) is 11.8. The molecule has 2 aliphatic rings. The van der Waals surface area contributed by atoms with Crippen LogP contribution in [0.15, 0.2) is 0 Å². The lowest BCUT2D eigenvalue weighted by Crippen LogP contribution is -2.48. The molecule has 0 spiro atoms. The highest BCUT2D eigenvalue weighted by Crippen LogP contribution is 2.27. The normalized spacial score (nSPS) is 31.4. The van der Waals surface area contributed by atoms with E-state index in [4.69, 9.17) is 0 Å². The van der Waals surface area contributed by atoms with Crippen LogP contribution in [0.3, 0.4) is 0 Å². The van der Waals surface area contributed by atoms with Crippen molar-refractivity contribution < 1.29 is 0 Å². The van der Waals surface area contributed by atoms with E-state index in [0.717, 1.165) is 18.1 Å². The van der Waals surface area contributed by atoms with Crippen molar-refractivity contribution in [2.45, 2.75) is 83.3 Å². The van der Waals surface area contributed by atoms with Gasteiger partial charge in [0, 0.05) is 18.1 Å². The molecule has 0 aliphatic carbocycles. The van der Waals surface area contributed by atoms with E-state index in [-0.39, 0.29) is 0 Å². The molecular formula is C15H30N2. The summed E-state index contributed by atoms with van der Waals surface area (Å²) in [5.41, 5.74) is 0. The van der Waals surface area contributed by atoms with Crippen LogP contribution in [0.25, 0.3) is 0 Å². The average Bonchev–Trinajstić information content (AvgIpc) is 2.76. The van der Waals surface area contributed by atoms with Crippen LogP contribution in [0.4, 0.5) is 0 Å².